The van der Waals surface area contributed by atoms with Crippen molar-refractivity contribution in [3.63, 3.8) is 0 Å². The van der Waals surface area contributed by atoms with Gasteiger partial charge in [-0.2, -0.15) is 0 Å². The van der Waals surface area contributed by atoms with Gasteiger partial charge in [0.1, 0.15) is 0 Å². The van der Waals surface area contributed by atoms with E-state index in [0.29, 0.717) is 5.02 Å². The van der Waals surface area contributed by atoms with E-state index in [2.05, 4.69) is 5.32 Å². The highest BCUT2D eigenvalue weighted by molar-refractivity contribution is 6.31. The number of benzene rings is 2. The summed E-state index contributed by atoms with van der Waals surface area (Å²) >= 11 is 6.17. The van der Waals surface area contributed by atoms with E-state index in [4.69, 9.17) is 16.6 Å². The molecule has 0 unspecified atom stereocenters. The van der Waals surface area contributed by atoms with Crippen molar-refractivity contribution in [2.45, 2.75) is 26.2 Å². The Morgan fingerprint density at radius 1 is 1.17 bits per heavy atom. The fraction of sp³-hybridized carbons (Fsp3) is 0.200. The molecule has 120 valence electrons. The average molecular weight is 337 g/mol. The zero-order valence-electron chi connectivity index (χ0n) is 13.4. The van der Waals surface area contributed by atoms with Crippen molar-refractivity contribution in [2.24, 2.45) is 0 Å². The largest absolute Gasteiger partial charge is 0.322 e. The predicted molar refractivity (Wildman–Crippen MR) is 97.9 cm³/mol. The first-order valence-electron chi connectivity index (χ1n) is 8.11. The number of hydrogen-bond donors (Lipinski definition) is 1. The van der Waals surface area contributed by atoms with Gasteiger partial charge in [0.25, 0.3) is 5.91 Å². The highest BCUT2D eigenvalue weighted by Crippen LogP contribution is 2.32. The molecule has 0 aliphatic heterocycles. The Labute approximate surface area is 145 Å². The minimum Gasteiger partial charge on any atom is -0.322 e. The van der Waals surface area contributed by atoms with Crippen molar-refractivity contribution in [3.05, 3.63) is 69.9 Å². The molecule has 0 fully saturated rings. The van der Waals surface area contributed by atoms with Crippen LogP contribution in [0.4, 0.5) is 5.69 Å². The summed E-state index contributed by atoms with van der Waals surface area (Å²) in [4.78, 5) is 17.8. The Morgan fingerprint density at radius 2 is 2.04 bits per heavy atom. The highest BCUT2D eigenvalue weighted by Gasteiger charge is 2.24. The number of anilines is 1. The van der Waals surface area contributed by atoms with Gasteiger partial charge in [0, 0.05) is 21.8 Å². The summed E-state index contributed by atoms with van der Waals surface area (Å²) in [6.07, 6.45) is 2.86. The third-order valence-corrected chi connectivity index (χ3v) is 4.71. The Kier molecular flexibility index (Phi) is 3.73. The van der Waals surface area contributed by atoms with Gasteiger partial charge >= 0.3 is 0 Å². The number of carbonyl (C=O) groups is 1. The lowest BCUT2D eigenvalue weighted by molar-refractivity contribution is 0.102. The fourth-order valence-corrected chi connectivity index (χ4v) is 3.58. The SMILES string of the molecule is Cc1cccc(NC(=O)c2c3c(nc4ccc(Cl)cc24)CCC3)c1. The van der Waals surface area contributed by atoms with Gasteiger partial charge in [-0.25, -0.2) is 0 Å². The Morgan fingerprint density at radius 3 is 2.88 bits per heavy atom. The van der Waals surface area contributed by atoms with Crippen molar-refractivity contribution >= 4 is 34.1 Å². The monoisotopic (exact) mass is 336 g/mol. The van der Waals surface area contributed by atoms with E-state index >= 15 is 0 Å². The van der Waals surface area contributed by atoms with E-state index in [-0.39, 0.29) is 5.91 Å². The third kappa shape index (κ3) is 2.65. The topological polar surface area (TPSA) is 42.0 Å². The molecule has 24 heavy (non-hydrogen) atoms. The molecule has 1 aliphatic carbocycles. The molecule has 0 saturated heterocycles. The maximum Gasteiger partial charge on any atom is 0.256 e. The summed E-state index contributed by atoms with van der Waals surface area (Å²) in [5, 5.41) is 4.48. The van der Waals surface area contributed by atoms with Crippen LogP contribution in [0.1, 0.15) is 33.6 Å². The zero-order chi connectivity index (χ0) is 16.7. The van der Waals surface area contributed by atoms with Crippen LogP contribution in [0.15, 0.2) is 42.5 Å². The molecule has 1 N–H and O–H groups in total. The first kappa shape index (κ1) is 15.2. The van der Waals surface area contributed by atoms with Crippen molar-refractivity contribution < 1.29 is 4.79 Å². The number of nitrogens with one attached hydrogen (secondary N) is 1. The van der Waals surface area contributed by atoms with Gasteiger partial charge in [-0.3, -0.25) is 9.78 Å². The lowest BCUT2D eigenvalue weighted by Gasteiger charge is -2.13. The van der Waals surface area contributed by atoms with Crippen LogP contribution in [0, 0.1) is 6.92 Å². The van der Waals surface area contributed by atoms with Gasteiger partial charge in [-0.05, 0) is 67.6 Å². The Balaban J connectivity index is 1.85. The van der Waals surface area contributed by atoms with Gasteiger partial charge in [-0.1, -0.05) is 23.7 Å². The summed E-state index contributed by atoms with van der Waals surface area (Å²) in [5.41, 5.74) is 5.57. The number of aromatic nitrogens is 1. The molecule has 1 aliphatic rings. The van der Waals surface area contributed by atoms with E-state index < -0.39 is 0 Å². The van der Waals surface area contributed by atoms with Crippen LogP contribution in [0.25, 0.3) is 10.9 Å². The second-order valence-electron chi connectivity index (χ2n) is 6.25. The zero-order valence-corrected chi connectivity index (χ0v) is 14.2. The quantitative estimate of drug-likeness (QED) is 0.720. The molecule has 2 aromatic carbocycles. The molecular weight excluding hydrogens is 320 g/mol. The summed E-state index contributed by atoms with van der Waals surface area (Å²) in [7, 11) is 0. The number of aryl methyl sites for hydroxylation is 2. The van der Waals surface area contributed by atoms with Crippen molar-refractivity contribution in [3.8, 4) is 0 Å². The maximum absolute atomic E-state index is 13.0. The van der Waals surface area contributed by atoms with E-state index in [1.165, 1.54) is 0 Å². The Hall–Kier alpha value is -2.39. The second kappa shape index (κ2) is 5.91. The molecule has 3 aromatic rings. The van der Waals surface area contributed by atoms with Crippen LogP contribution in [0.5, 0.6) is 0 Å². The van der Waals surface area contributed by atoms with Crippen molar-refractivity contribution in [2.75, 3.05) is 5.32 Å². The molecule has 0 saturated carbocycles. The van der Waals surface area contributed by atoms with Crippen LogP contribution in [0.3, 0.4) is 0 Å². The standard InChI is InChI=1S/C20H17ClN2O/c1-12-4-2-5-14(10-12)22-20(24)19-15-6-3-7-17(15)23-18-9-8-13(21)11-16(18)19/h2,4-5,8-11H,3,6-7H2,1H3,(H,22,24). The molecule has 3 nitrogen and oxygen atoms in total. The lowest BCUT2D eigenvalue weighted by atomic mass is 10.0. The van der Waals surface area contributed by atoms with Gasteiger partial charge in [-0.15, -0.1) is 0 Å². The number of nitrogens with zero attached hydrogens (tertiary/aromatic N) is 1. The first-order valence-corrected chi connectivity index (χ1v) is 8.48. The van der Waals surface area contributed by atoms with Crippen LogP contribution < -0.4 is 5.32 Å². The molecule has 4 rings (SSSR count). The van der Waals surface area contributed by atoms with E-state index in [0.717, 1.165) is 58.2 Å². The second-order valence-corrected chi connectivity index (χ2v) is 6.69. The Bertz CT molecular complexity index is 965. The summed E-state index contributed by atoms with van der Waals surface area (Å²) < 4.78 is 0. The number of hydrogen-bond acceptors (Lipinski definition) is 2. The number of fused-ring (bicyclic) bond motifs is 2. The van der Waals surface area contributed by atoms with Crippen LogP contribution >= 0.6 is 11.6 Å². The first-order chi connectivity index (χ1) is 11.6. The van der Waals surface area contributed by atoms with Crippen molar-refractivity contribution in [1.29, 1.82) is 0 Å². The molecule has 0 radical (unpaired) electrons. The van der Waals surface area contributed by atoms with Gasteiger partial charge in [0.2, 0.25) is 0 Å². The molecule has 1 heterocycles. The predicted octanol–water partition coefficient (Wildman–Crippen LogP) is 4.94. The van der Waals surface area contributed by atoms with Crippen LogP contribution in [-0.4, -0.2) is 10.9 Å². The van der Waals surface area contributed by atoms with E-state index in [9.17, 15) is 4.79 Å². The molecular formula is C20H17ClN2O. The number of halogens is 1. The normalized spacial score (nSPS) is 13.1. The molecule has 4 heteroatoms. The van der Waals surface area contributed by atoms with Crippen LogP contribution in [-0.2, 0) is 12.8 Å². The molecule has 1 amide bonds. The fourth-order valence-electron chi connectivity index (χ4n) is 3.41. The van der Waals surface area contributed by atoms with Gasteiger partial charge in [0.05, 0.1) is 11.1 Å². The average Bonchev–Trinajstić information content (AvgIpc) is 3.00. The molecule has 0 atom stereocenters. The van der Waals surface area contributed by atoms with Crippen LogP contribution in [0.2, 0.25) is 5.02 Å². The molecule has 0 bridgehead atoms. The van der Waals surface area contributed by atoms with Gasteiger partial charge in [0.15, 0.2) is 0 Å². The van der Waals surface area contributed by atoms with Gasteiger partial charge < -0.3 is 5.32 Å². The number of amides is 1. The molecule has 0 spiro atoms. The highest BCUT2D eigenvalue weighted by atomic mass is 35.5. The van der Waals surface area contributed by atoms with E-state index in [1.807, 2.05) is 49.4 Å². The summed E-state index contributed by atoms with van der Waals surface area (Å²) in [6, 6.07) is 13.4. The molecule has 1 aromatic heterocycles. The maximum atomic E-state index is 13.0. The third-order valence-electron chi connectivity index (χ3n) is 4.48. The minimum atomic E-state index is -0.0894. The number of pyridine rings is 1. The summed E-state index contributed by atoms with van der Waals surface area (Å²) in [5.74, 6) is -0.0894. The number of carbonyl (C=O) groups excluding carboxylic acids is 1. The lowest BCUT2D eigenvalue weighted by Crippen LogP contribution is -2.15. The minimum absolute atomic E-state index is 0.0894. The van der Waals surface area contributed by atoms with Crippen molar-refractivity contribution in [1.82, 2.24) is 4.98 Å². The smallest absolute Gasteiger partial charge is 0.256 e. The summed E-state index contributed by atoms with van der Waals surface area (Å²) in [6.45, 7) is 2.01. The van der Waals surface area contributed by atoms with E-state index in [1.54, 1.807) is 0 Å². The number of rotatable bonds is 2.